The molecule has 11 rings (SSSR count). The third-order valence-corrected chi connectivity index (χ3v) is 11.8. The van der Waals surface area contributed by atoms with E-state index in [0.29, 0.717) is 17.5 Å². The van der Waals surface area contributed by atoms with Crippen LogP contribution in [0.3, 0.4) is 0 Å². The average Bonchev–Trinajstić information content (AvgIpc) is 3.83. The summed E-state index contributed by atoms with van der Waals surface area (Å²) in [6.07, 6.45) is 1.86. The zero-order chi connectivity index (χ0) is 37.0. The maximum atomic E-state index is 5.26. The van der Waals surface area contributed by atoms with Gasteiger partial charge in [0.1, 0.15) is 0 Å². The van der Waals surface area contributed by atoms with E-state index in [4.69, 9.17) is 19.9 Å². The molecule has 262 valence electrons. The second-order valence-corrected chi connectivity index (χ2v) is 14.9. The molecule has 4 heterocycles. The third-order valence-electron chi connectivity index (χ3n) is 10.5. The Morgan fingerprint density at radius 2 is 1.00 bits per heavy atom. The Kier molecular flexibility index (Phi) is 7.60. The van der Waals surface area contributed by atoms with Crippen molar-refractivity contribution >= 4 is 53.4 Å². The van der Waals surface area contributed by atoms with Crippen molar-refractivity contribution in [3.05, 3.63) is 188 Å². The van der Waals surface area contributed by atoms with Crippen molar-refractivity contribution in [3.8, 4) is 62.1 Å². The van der Waals surface area contributed by atoms with Gasteiger partial charge in [-0.1, -0.05) is 146 Å². The van der Waals surface area contributed by atoms with Gasteiger partial charge >= 0.3 is 0 Å². The highest BCUT2D eigenvalue weighted by Crippen LogP contribution is 2.41. The van der Waals surface area contributed by atoms with E-state index in [1.54, 1.807) is 0 Å². The van der Waals surface area contributed by atoms with Gasteiger partial charge in [-0.15, -0.1) is 11.3 Å². The van der Waals surface area contributed by atoms with E-state index >= 15 is 0 Å². The van der Waals surface area contributed by atoms with Crippen LogP contribution < -0.4 is 0 Å². The molecule has 0 amide bonds. The normalized spacial score (nSPS) is 11.6. The van der Waals surface area contributed by atoms with Crippen molar-refractivity contribution in [1.82, 2.24) is 24.5 Å². The molecule has 0 radical (unpaired) electrons. The number of nitrogens with zero attached hydrogens (tertiary/aromatic N) is 5. The Balaban J connectivity index is 1.11. The number of pyridine rings is 1. The molecule has 0 spiro atoms. The largest absolute Gasteiger partial charge is 0.307 e. The number of hydrogen-bond donors (Lipinski definition) is 0. The van der Waals surface area contributed by atoms with Crippen LogP contribution >= 0.6 is 11.3 Å². The number of rotatable bonds is 6. The van der Waals surface area contributed by atoms with Crippen molar-refractivity contribution in [3.63, 3.8) is 0 Å². The lowest BCUT2D eigenvalue weighted by atomic mass is 10.0. The van der Waals surface area contributed by atoms with Gasteiger partial charge in [-0.3, -0.25) is 4.98 Å². The number of thiophene rings is 1. The molecule has 4 aromatic heterocycles. The fourth-order valence-corrected chi connectivity index (χ4v) is 9.11. The average molecular weight is 734 g/mol. The van der Waals surface area contributed by atoms with Crippen LogP contribution in [0.5, 0.6) is 0 Å². The predicted molar refractivity (Wildman–Crippen MR) is 232 cm³/mol. The van der Waals surface area contributed by atoms with Gasteiger partial charge in [-0.25, -0.2) is 15.0 Å². The molecule has 0 saturated heterocycles. The topological polar surface area (TPSA) is 56.5 Å². The summed E-state index contributed by atoms with van der Waals surface area (Å²) in [6, 6.07) is 63.7. The minimum absolute atomic E-state index is 0.595. The first-order chi connectivity index (χ1) is 27.8. The molecule has 0 aliphatic rings. The molecule has 0 saturated carbocycles. The second-order valence-electron chi connectivity index (χ2n) is 13.9. The predicted octanol–water partition coefficient (Wildman–Crippen LogP) is 13.1. The van der Waals surface area contributed by atoms with Crippen molar-refractivity contribution in [2.75, 3.05) is 0 Å². The zero-order valence-corrected chi connectivity index (χ0v) is 30.9. The van der Waals surface area contributed by atoms with Gasteiger partial charge in [0.15, 0.2) is 17.5 Å². The minimum atomic E-state index is 0.595. The van der Waals surface area contributed by atoms with Gasteiger partial charge in [-0.2, -0.15) is 0 Å². The van der Waals surface area contributed by atoms with E-state index in [9.17, 15) is 0 Å². The molecule has 0 aliphatic heterocycles. The number of fused-ring (bicyclic) bond motifs is 6. The quantitative estimate of drug-likeness (QED) is 0.171. The van der Waals surface area contributed by atoms with E-state index < -0.39 is 0 Å². The SMILES string of the molecule is c1ccc(-c2ccc(-c3nc(-c4ccccc4)nc(-c4ccc(-c5cccc6c5sc5ccccc56)cc4)n3)c(-n3c4ccccc4c4ncccc43)c2)cc1. The molecule has 0 fully saturated rings. The van der Waals surface area contributed by atoms with E-state index in [2.05, 4.69) is 156 Å². The van der Waals surface area contributed by atoms with Gasteiger partial charge < -0.3 is 4.57 Å². The molecule has 7 aromatic carbocycles. The fourth-order valence-electron chi connectivity index (χ4n) is 7.87. The Bertz CT molecular complexity index is 3190. The Morgan fingerprint density at radius 3 is 1.80 bits per heavy atom. The van der Waals surface area contributed by atoms with E-state index in [-0.39, 0.29) is 0 Å². The first kappa shape index (κ1) is 32.2. The highest BCUT2D eigenvalue weighted by Gasteiger charge is 2.21. The molecule has 6 heteroatoms. The zero-order valence-electron chi connectivity index (χ0n) is 30.0. The number of para-hydroxylation sites is 1. The first-order valence-electron chi connectivity index (χ1n) is 18.6. The standard InChI is InChI=1S/C50H31N5S/c1-3-13-32(14-4-1)36-28-29-41(44(31-36)55-42-21-9-7-18-40(42)46-43(55)22-12-30-51-46)50-53-48(34-15-5-2-6-16-34)52-49(54-50)35-26-24-33(25-27-35)37-19-11-20-39-38-17-8-10-23-45(38)56-47(37)39/h1-31H. The molecule has 0 atom stereocenters. The lowest BCUT2D eigenvalue weighted by Crippen LogP contribution is -2.04. The molecular formula is C50H31N5S. The van der Waals surface area contributed by atoms with Crippen LogP contribution in [-0.4, -0.2) is 24.5 Å². The molecule has 11 aromatic rings. The maximum Gasteiger partial charge on any atom is 0.166 e. The molecule has 0 N–H and O–H groups in total. The molecule has 5 nitrogen and oxygen atoms in total. The van der Waals surface area contributed by atoms with Crippen LogP contribution in [0.15, 0.2) is 188 Å². The lowest BCUT2D eigenvalue weighted by Gasteiger charge is -2.16. The molecular weight excluding hydrogens is 703 g/mol. The van der Waals surface area contributed by atoms with Gasteiger partial charge in [-0.05, 0) is 58.7 Å². The Morgan fingerprint density at radius 1 is 0.393 bits per heavy atom. The van der Waals surface area contributed by atoms with Crippen molar-refractivity contribution < 1.29 is 0 Å². The maximum absolute atomic E-state index is 5.26. The van der Waals surface area contributed by atoms with Gasteiger partial charge in [0.2, 0.25) is 0 Å². The summed E-state index contributed by atoms with van der Waals surface area (Å²) in [5.74, 6) is 1.83. The highest BCUT2D eigenvalue weighted by molar-refractivity contribution is 7.26. The van der Waals surface area contributed by atoms with E-state index in [1.807, 2.05) is 47.9 Å². The third kappa shape index (κ3) is 5.38. The summed E-state index contributed by atoms with van der Waals surface area (Å²) in [5, 5.41) is 3.67. The van der Waals surface area contributed by atoms with E-state index in [1.165, 1.54) is 25.7 Å². The number of hydrogen-bond acceptors (Lipinski definition) is 5. The summed E-state index contributed by atoms with van der Waals surface area (Å²) in [4.78, 5) is 20.4. The van der Waals surface area contributed by atoms with Crippen LogP contribution in [0.25, 0.3) is 104 Å². The van der Waals surface area contributed by atoms with Crippen molar-refractivity contribution in [2.24, 2.45) is 0 Å². The molecule has 0 aliphatic carbocycles. The first-order valence-corrected chi connectivity index (χ1v) is 19.5. The van der Waals surface area contributed by atoms with Crippen LogP contribution in [0, 0.1) is 0 Å². The summed E-state index contributed by atoms with van der Waals surface area (Å²) >= 11 is 1.84. The fraction of sp³-hybridized carbons (Fsp3) is 0. The minimum Gasteiger partial charge on any atom is -0.307 e. The molecule has 0 bridgehead atoms. The van der Waals surface area contributed by atoms with Crippen LogP contribution in [-0.2, 0) is 0 Å². The highest BCUT2D eigenvalue weighted by atomic mass is 32.1. The smallest absolute Gasteiger partial charge is 0.166 e. The lowest BCUT2D eigenvalue weighted by molar-refractivity contribution is 1.06. The van der Waals surface area contributed by atoms with Crippen LogP contribution in [0.4, 0.5) is 0 Å². The molecule has 56 heavy (non-hydrogen) atoms. The molecule has 0 unspecified atom stereocenters. The van der Waals surface area contributed by atoms with Gasteiger partial charge in [0.25, 0.3) is 0 Å². The summed E-state index contributed by atoms with van der Waals surface area (Å²) < 4.78 is 4.89. The number of aromatic nitrogens is 5. The van der Waals surface area contributed by atoms with Gasteiger partial charge in [0, 0.05) is 48.4 Å². The Labute approximate surface area is 326 Å². The number of benzene rings is 7. The van der Waals surface area contributed by atoms with E-state index in [0.717, 1.165) is 61.0 Å². The monoisotopic (exact) mass is 733 g/mol. The Hall–Kier alpha value is -7.28. The summed E-state index contributed by atoms with van der Waals surface area (Å²) in [5.41, 5.74) is 11.3. The summed E-state index contributed by atoms with van der Waals surface area (Å²) in [6.45, 7) is 0. The van der Waals surface area contributed by atoms with Crippen molar-refractivity contribution in [1.29, 1.82) is 0 Å². The van der Waals surface area contributed by atoms with Crippen molar-refractivity contribution in [2.45, 2.75) is 0 Å². The summed E-state index contributed by atoms with van der Waals surface area (Å²) in [7, 11) is 0. The van der Waals surface area contributed by atoms with Gasteiger partial charge in [0.05, 0.1) is 22.2 Å². The van der Waals surface area contributed by atoms with Crippen LogP contribution in [0.1, 0.15) is 0 Å². The second kappa shape index (κ2) is 13.2. The van der Waals surface area contributed by atoms with Crippen LogP contribution in [0.2, 0.25) is 0 Å².